The lowest BCUT2D eigenvalue weighted by Gasteiger charge is -2.27. The number of ketones is 1. The van der Waals surface area contributed by atoms with Crippen LogP contribution in [-0.4, -0.2) is 43.0 Å². The third kappa shape index (κ3) is 4.33. The summed E-state index contributed by atoms with van der Waals surface area (Å²) < 4.78 is 24.3. The molecule has 4 rings (SSSR count). The van der Waals surface area contributed by atoms with Crippen molar-refractivity contribution >= 4 is 61.4 Å². The van der Waals surface area contributed by atoms with Crippen molar-refractivity contribution in [1.82, 2.24) is 0 Å². The predicted molar refractivity (Wildman–Crippen MR) is 120 cm³/mol. The molecule has 0 spiro atoms. The number of hydrogen-bond acceptors (Lipinski definition) is 6. The second-order valence-corrected chi connectivity index (χ2v) is 11.1. The number of halogens is 2. The molecule has 29 heavy (non-hydrogen) atoms. The van der Waals surface area contributed by atoms with Crippen LogP contribution >= 0.6 is 35.0 Å². The number of benzene rings is 2. The van der Waals surface area contributed by atoms with Gasteiger partial charge in [-0.25, -0.2) is 8.42 Å². The summed E-state index contributed by atoms with van der Waals surface area (Å²) in [5.41, 5.74) is 2.28. The molecule has 1 fully saturated rings. The number of rotatable bonds is 4. The Morgan fingerprint density at radius 3 is 2.72 bits per heavy atom. The third-order valence-corrected chi connectivity index (χ3v) is 8.31. The Morgan fingerprint density at radius 2 is 2.00 bits per heavy atom. The van der Waals surface area contributed by atoms with Crippen molar-refractivity contribution in [3.8, 4) is 0 Å². The first-order chi connectivity index (χ1) is 13.7. The number of thioether (sulfide) groups is 1. The lowest BCUT2D eigenvalue weighted by atomic mass is 10.1. The molecule has 9 heteroatoms. The van der Waals surface area contributed by atoms with Crippen molar-refractivity contribution in [2.75, 3.05) is 16.4 Å². The van der Waals surface area contributed by atoms with Gasteiger partial charge in [0.05, 0.1) is 23.6 Å². The highest BCUT2D eigenvalue weighted by atomic mass is 35.5. The van der Waals surface area contributed by atoms with E-state index in [-0.39, 0.29) is 29.4 Å². The predicted octanol–water partition coefficient (Wildman–Crippen LogP) is 4.47. The van der Waals surface area contributed by atoms with Gasteiger partial charge in [0.2, 0.25) is 0 Å². The lowest BCUT2D eigenvalue weighted by molar-refractivity contribution is 0.101. The molecule has 1 saturated heterocycles. The zero-order chi connectivity index (χ0) is 20.8. The van der Waals surface area contributed by atoms with Gasteiger partial charge < -0.3 is 4.90 Å². The molecule has 2 aliphatic rings. The number of sulfone groups is 1. The minimum Gasteiger partial charge on any atom is -0.315 e. The molecule has 0 bridgehead atoms. The molecule has 0 saturated carbocycles. The largest absolute Gasteiger partial charge is 0.315 e. The second kappa shape index (κ2) is 7.95. The van der Waals surface area contributed by atoms with E-state index in [9.17, 15) is 13.2 Å². The minimum absolute atomic E-state index is 0.0410. The standard InChI is InChI=1S/C20H18Cl2N2O3S2/c1-12(25)13-3-2-4-16(7-13)24-19-11-29(26,27)10-18(19)23-20(24)28-9-14-5-6-15(21)8-17(14)22/h2-8,18-19H,9-11H2,1H3/t18-,19-/m1/s1. The van der Waals surface area contributed by atoms with Crippen molar-refractivity contribution in [1.29, 1.82) is 0 Å². The van der Waals surface area contributed by atoms with Crippen LogP contribution in [0.25, 0.3) is 0 Å². The molecule has 0 aromatic heterocycles. The molecule has 5 nitrogen and oxygen atoms in total. The SMILES string of the molecule is CC(=O)c1cccc(N2C(SCc3ccc(Cl)cc3Cl)=N[C@@H]3CS(=O)(=O)C[C@H]32)c1. The van der Waals surface area contributed by atoms with E-state index in [1.807, 2.05) is 17.0 Å². The summed E-state index contributed by atoms with van der Waals surface area (Å²) in [6, 6.07) is 12.0. The fraction of sp³-hybridized carbons (Fsp3) is 0.300. The maximum absolute atomic E-state index is 12.2. The van der Waals surface area contributed by atoms with Gasteiger partial charge in [0.25, 0.3) is 0 Å². The van der Waals surface area contributed by atoms with Gasteiger partial charge in [-0.1, -0.05) is 53.2 Å². The zero-order valence-corrected chi connectivity index (χ0v) is 18.7. The van der Waals surface area contributed by atoms with Gasteiger partial charge in [0, 0.05) is 27.0 Å². The Bertz CT molecular complexity index is 1120. The number of nitrogens with zero attached hydrogens (tertiary/aromatic N) is 2. The first-order valence-electron chi connectivity index (χ1n) is 8.99. The first kappa shape index (κ1) is 20.7. The van der Waals surface area contributed by atoms with Crippen molar-refractivity contribution < 1.29 is 13.2 Å². The lowest BCUT2D eigenvalue weighted by Crippen LogP contribution is -2.39. The number of anilines is 1. The number of hydrogen-bond donors (Lipinski definition) is 0. The number of carbonyl (C=O) groups excluding carboxylic acids is 1. The maximum Gasteiger partial charge on any atom is 0.164 e. The molecule has 2 aromatic rings. The van der Waals surface area contributed by atoms with Gasteiger partial charge in [-0.3, -0.25) is 9.79 Å². The number of amidine groups is 1. The Hall–Kier alpha value is -1.54. The Morgan fingerprint density at radius 1 is 1.21 bits per heavy atom. The molecule has 0 unspecified atom stereocenters. The average molecular weight is 469 g/mol. The van der Waals surface area contributed by atoms with Crippen molar-refractivity contribution in [2.45, 2.75) is 24.8 Å². The molecule has 0 aliphatic carbocycles. The highest BCUT2D eigenvalue weighted by molar-refractivity contribution is 8.13. The van der Waals surface area contributed by atoms with E-state index in [0.717, 1.165) is 16.4 Å². The van der Waals surface area contributed by atoms with Gasteiger partial charge in [-0.15, -0.1) is 0 Å². The monoisotopic (exact) mass is 468 g/mol. The molecule has 2 aromatic carbocycles. The maximum atomic E-state index is 12.2. The quantitative estimate of drug-likeness (QED) is 0.619. The highest BCUT2D eigenvalue weighted by Gasteiger charge is 2.47. The number of carbonyl (C=O) groups is 1. The van der Waals surface area contributed by atoms with E-state index in [4.69, 9.17) is 28.2 Å². The molecule has 0 amide bonds. The number of fused-ring (bicyclic) bond motifs is 1. The molecule has 0 N–H and O–H groups in total. The summed E-state index contributed by atoms with van der Waals surface area (Å²) in [4.78, 5) is 18.5. The summed E-state index contributed by atoms with van der Waals surface area (Å²) >= 11 is 13.8. The van der Waals surface area contributed by atoms with Crippen LogP contribution < -0.4 is 4.90 Å². The van der Waals surface area contributed by atoms with Crippen molar-refractivity contribution in [3.05, 3.63) is 63.6 Å². The van der Waals surface area contributed by atoms with E-state index < -0.39 is 9.84 Å². The van der Waals surface area contributed by atoms with Crippen LogP contribution in [0.1, 0.15) is 22.8 Å². The molecular formula is C20H18Cl2N2O3S2. The third-order valence-electron chi connectivity index (χ3n) is 5.01. The van der Waals surface area contributed by atoms with E-state index in [1.165, 1.54) is 18.7 Å². The van der Waals surface area contributed by atoms with Crippen LogP contribution in [0.4, 0.5) is 5.69 Å². The molecular weight excluding hydrogens is 451 g/mol. The number of aliphatic imine (C=N–C) groups is 1. The average Bonchev–Trinajstić information content (AvgIpc) is 3.12. The van der Waals surface area contributed by atoms with Crippen molar-refractivity contribution in [3.63, 3.8) is 0 Å². The fourth-order valence-electron chi connectivity index (χ4n) is 3.59. The summed E-state index contributed by atoms with van der Waals surface area (Å²) in [6.45, 7) is 1.51. The van der Waals surface area contributed by atoms with Gasteiger partial charge in [-0.2, -0.15) is 0 Å². The number of Topliss-reactive ketones (excluding diaryl/α,β-unsaturated/α-hetero) is 1. The van der Waals surface area contributed by atoms with Crippen LogP contribution in [0, 0.1) is 0 Å². The molecule has 2 atom stereocenters. The van der Waals surface area contributed by atoms with E-state index in [0.29, 0.717) is 21.4 Å². The fourth-order valence-corrected chi connectivity index (χ4v) is 7.12. The topological polar surface area (TPSA) is 66.8 Å². The van der Waals surface area contributed by atoms with E-state index in [1.54, 1.807) is 30.3 Å². The van der Waals surface area contributed by atoms with Crippen LogP contribution in [0.3, 0.4) is 0 Å². The minimum atomic E-state index is -3.14. The van der Waals surface area contributed by atoms with Crippen LogP contribution in [0.2, 0.25) is 10.0 Å². The van der Waals surface area contributed by atoms with Crippen LogP contribution in [0.5, 0.6) is 0 Å². The van der Waals surface area contributed by atoms with Crippen LogP contribution in [0.15, 0.2) is 47.5 Å². The van der Waals surface area contributed by atoms with Gasteiger partial charge in [0.1, 0.15) is 0 Å². The summed E-state index contributed by atoms with van der Waals surface area (Å²) in [6.07, 6.45) is 0. The summed E-state index contributed by atoms with van der Waals surface area (Å²) in [5.74, 6) is 0.633. The van der Waals surface area contributed by atoms with Gasteiger partial charge >= 0.3 is 0 Å². The normalized spacial score (nSPS) is 22.4. The smallest absolute Gasteiger partial charge is 0.164 e. The van der Waals surface area contributed by atoms with E-state index >= 15 is 0 Å². The Labute approximate surface area is 184 Å². The first-order valence-corrected chi connectivity index (χ1v) is 12.5. The highest BCUT2D eigenvalue weighted by Crippen LogP contribution is 2.37. The van der Waals surface area contributed by atoms with Crippen molar-refractivity contribution in [2.24, 2.45) is 4.99 Å². The van der Waals surface area contributed by atoms with Crippen LogP contribution in [-0.2, 0) is 15.6 Å². The summed E-state index contributed by atoms with van der Waals surface area (Å²) in [5, 5.41) is 1.89. The Balaban J connectivity index is 1.65. The van der Waals surface area contributed by atoms with Gasteiger partial charge in [-0.05, 0) is 36.8 Å². The van der Waals surface area contributed by atoms with Gasteiger partial charge in [0.15, 0.2) is 20.8 Å². The molecule has 2 aliphatic heterocycles. The second-order valence-electron chi connectivity index (χ2n) is 7.12. The Kier molecular flexibility index (Phi) is 5.68. The van der Waals surface area contributed by atoms with E-state index in [2.05, 4.69) is 0 Å². The summed E-state index contributed by atoms with van der Waals surface area (Å²) in [7, 11) is -3.14. The molecule has 2 heterocycles. The zero-order valence-electron chi connectivity index (χ0n) is 15.5. The molecule has 0 radical (unpaired) electrons. The molecule has 152 valence electrons.